The maximum absolute atomic E-state index is 12.2. The molecule has 0 aliphatic carbocycles. The van der Waals surface area contributed by atoms with Crippen molar-refractivity contribution in [3.63, 3.8) is 0 Å². The molecule has 142 valence electrons. The summed E-state index contributed by atoms with van der Waals surface area (Å²) >= 11 is 0. The lowest BCUT2D eigenvalue weighted by molar-refractivity contribution is -0.274. The predicted molar refractivity (Wildman–Crippen MR) is 92.7 cm³/mol. The van der Waals surface area contributed by atoms with Crippen LogP contribution in [0.15, 0.2) is 54.6 Å². The van der Waals surface area contributed by atoms with Crippen molar-refractivity contribution in [2.24, 2.45) is 7.05 Å². The number of hydrogen-bond acceptors (Lipinski definition) is 4. The highest BCUT2D eigenvalue weighted by Gasteiger charge is 2.31. The van der Waals surface area contributed by atoms with Crippen molar-refractivity contribution in [3.05, 3.63) is 60.3 Å². The summed E-state index contributed by atoms with van der Waals surface area (Å²) in [6, 6.07) is 14.6. The van der Waals surface area contributed by atoms with Crippen molar-refractivity contribution in [2.45, 2.75) is 13.0 Å². The molecule has 3 rings (SSSR count). The van der Waals surface area contributed by atoms with Gasteiger partial charge < -0.3 is 14.2 Å². The van der Waals surface area contributed by atoms with E-state index in [-0.39, 0.29) is 12.4 Å². The summed E-state index contributed by atoms with van der Waals surface area (Å²) in [7, 11) is 3.35. The molecule has 0 saturated carbocycles. The van der Waals surface area contributed by atoms with Gasteiger partial charge in [-0.05, 0) is 42.5 Å². The molecule has 0 unspecified atom stereocenters. The van der Waals surface area contributed by atoms with Gasteiger partial charge in [0.1, 0.15) is 23.9 Å². The Morgan fingerprint density at radius 2 is 1.67 bits per heavy atom. The zero-order valence-corrected chi connectivity index (χ0v) is 14.7. The van der Waals surface area contributed by atoms with Crippen LogP contribution in [0.3, 0.4) is 0 Å². The summed E-state index contributed by atoms with van der Waals surface area (Å²) < 4.78 is 53.1. The number of hydrogen-bond donors (Lipinski definition) is 0. The molecule has 2 aromatic carbocycles. The monoisotopic (exact) mass is 378 g/mol. The standard InChI is InChI=1S/C19H17F3N2O3/c1-24-14(12-26-17-5-3-4-16(11-17)25-2)10-18(23-24)13-6-8-15(9-7-13)27-19(20,21)22/h3-11H,12H2,1-2H3. The third kappa shape index (κ3) is 4.93. The molecule has 8 heteroatoms. The summed E-state index contributed by atoms with van der Waals surface area (Å²) in [6.07, 6.45) is -4.71. The Labute approximate surface area is 153 Å². The van der Waals surface area contributed by atoms with Crippen LogP contribution in [0.25, 0.3) is 11.3 Å². The van der Waals surface area contributed by atoms with E-state index in [4.69, 9.17) is 9.47 Å². The van der Waals surface area contributed by atoms with E-state index in [1.807, 2.05) is 24.3 Å². The second kappa shape index (κ2) is 7.61. The van der Waals surface area contributed by atoms with E-state index in [1.165, 1.54) is 24.3 Å². The third-order valence-electron chi connectivity index (χ3n) is 3.79. The average molecular weight is 378 g/mol. The van der Waals surface area contributed by atoms with Gasteiger partial charge in [-0.1, -0.05) is 6.07 Å². The minimum Gasteiger partial charge on any atom is -0.497 e. The predicted octanol–water partition coefficient (Wildman–Crippen LogP) is 4.57. The number of nitrogens with zero attached hydrogens (tertiary/aromatic N) is 2. The van der Waals surface area contributed by atoms with E-state index in [0.717, 1.165) is 5.69 Å². The number of benzene rings is 2. The topological polar surface area (TPSA) is 45.5 Å². The van der Waals surface area contributed by atoms with Gasteiger partial charge in [0.05, 0.1) is 18.5 Å². The Hall–Kier alpha value is -3.16. The van der Waals surface area contributed by atoms with E-state index in [0.29, 0.717) is 22.8 Å². The van der Waals surface area contributed by atoms with Crippen LogP contribution in [0.1, 0.15) is 5.69 Å². The highest BCUT2D eigenvalue weighted by molar-refractivity contribution is 5.60. The Balaban J connectivity index is 1.70. The minimum absolute atomic E-state index is 0.274. The highest BCUT2D eigenvalue weighted by atomic mass is 19.4. The van der Waals surface area contributed by atoms with Gasteiger partial charge in [0, 0.05) is 18.7 Å². The summed E-state index contributed by atoms with van der Waals surface area (Å²) in [5, 5.41) is 4.38. The summed E-state index contributed by atoms with van der Waals surface area (Å²) in [6.45, 7) is 0.284. The Morgan fingerprint density at radius 3 is 2.33 bits per heavy atom. The maximum Gasteiger partial charge on any atom is 0.573 e. The molecule has 0 amide bonds. The SMILES string of the molecule is COc1cccc(OCc2cc(-c3ccc(OC(F)(F)F)cc3)nn2C)c1. The molecule has 0 N–H and O–H groups in total. The van der Waals surface area contributed by atoms with Gasteiger partial charge in [-0.25, -0.2) is 0 Å². The van der Waals surface area contributed by atoms with Gasteiger partial charge in [-0.3, -0.25) is 4.68 Å². The highest BCUT2D eigenvalue weighted by Crippen LogP contribution is 2.27. The normalized spacial score (nSPS) is 11.3. The number of rotatable bonds is 6. The number of methoxy groups -OCH3 is 1. The fourth-order valence-electron chi connectivity index (χ4n) is 2.46. The molecule has 0 saturated heterocycles. The van der Waals surface area contributed by atoms with Crippen molar-refractivity contribution >= 4 is 0 Å². The van der Waals surface area contributed by atoms with Crippen molar-refractivity contribution in [1.82, 2.24) is 9.78 Å². The lowest BCUT2D eigenvalue weighted by atomic mass is 10.1. The molecular weight excluding hydrogens is 361 g/mol. The summed E-state index contributed by atoms with van der Waals surface area (Å²) in [5.41, 5.74) is 2.11. The van der Waals surface area contributed by atoms with Gasteiger partial charge in [-0.2, -0.15) is 5.10 Å². The summed E-state index contributed by atoms with van der Waals surface area (Å²) in [4.78, 5) is 0. The fourth-order valence-corrected chi connectivity index (χ4v) is 2.46. The molecule has 0 fully saturated rings. The number of alkyl halides is 3. The first kappa shape index (κ1) is 18.6. The molecule has 3 aromatic rings. The van der Waals surface area contributed by atoms with E-state index in [2.05, 4.69) is 9.84 Å². The van der Waals surface area contributed by atoms with Crippen LogP contribution in [0, 0.1) is 0 Å². The van der Waals surface area contributed by atoms with Gasteiger partial charge in [-0.15, -0.1) is 13.2 Å². The van der Waals surface area contributed by atoms with Crippen molar-refractivity contribution < 1.29 is 27.4 Å². The molecular formula is C19H17F3N2O3. The maximum atomic E-state index is 12.2. The average Bonchev–Trinajstić information content (AvgIpc) is 3.00. The van der Waals surface area contributed by atoms with Gasteiger partial charge in [0.25, 0.3) is 0 Å². The van der Waals surface area contributed by atoms with E-state index < -0.39 is 6.36 Å². The smallest absolute Gasteiger partial charge is 0.497 e. The van der Waals surface area contributed by atoms with Crippen molar-refractivity contribution in [3.8, 4) is 28.5 Å². The summed E-state index contributed by atoms with van der Waals surface area (Å²) in [5.74, 6) is 1.08. The van der Waals surface area contributed by atoms with Gasteiger partial charge in [0.15, 0.2) is 0 Å². The lowest BCUT2D eigenvalue weighted by Crippen LogP contribution is -2.16. The molecule has 1 aromatic heterocycles. The molecule has 0 atom stereocenters. The molecule has 0 radical (unpaired) electrons. The molecule has 1 heterocycles. The zero-order valence-electron chi connectivity index (χ0n) is 14.7. The molecule has 0 bridgehead atoms. The molecule has 0 aliphatic rings. The van der Waals surface area contributed by atoms with E-state index in [1.54, 1.807) is 24.9 Å². The van der Waals surface area contributed by atoms with Gasteiger partial charge >= 0.3 is 6.36 Å². The third-order valence-corrected chi connectivity index (χ3v) is 3.79. The lowest BCUT2D eigenvalue weighted by Gasteiger charge is -2.08. The Morgan fingerprint density at radius 1 is 0.963 bits per heavy atom. The Kier molecular flexibility index (Phi) is 5.25. The Bertz CT molecular complexity index is 905. The first-order valence-corrected chi connectivity index (χ1v) is 8.00. The fraction of sp³-hybridized carbons (Fsp3) is 0.211. The molecule has 5 nitrogen and oxygen atoms in total. The van der Waals surface area contributed by atoms with Crippen LogP contribution in [-0.2, 0) is 13.7 Å². The van der Waals surface area contributed by atoms with Crippen LogP contribution in [-0.4, -0.2) is 23.3 Å². The number of aromatic nitrogens is 2. The second-order valence-corrected chi connectivity index (χ2v) is 5.68. The molecule has 0 spiro atoms. The zero-order chi connectivity index (χ0) is 19.4. The van der Waals surface area contributed by atoms with Crippen LogP contribution >= 0.6 is 0 Å². The van der Waals surface area contributed by atoms with Crippen molar-refractivity contribution in [2.75, 3.05) is 7.11 Å². The van der Waals surface area contributed by atoms with Crippen molar-refractivity contribution in [1.29, 1.82) is 0 Å². The minimum atomic E-state index is -4.71. The van der Waals surface area contributed by atoms with Crippen LogP contribution in [0.4, 0.5) is 13.2 Å². The van der Waals surface area contributed by atoms with E-state index in [9.17, 15) is 13.2 Å². The largest absolute Gasteiger partial charge is 0.573 e. The van der Waals surface area contributed by atoms with Crippen LogP contribution in [0.5, 0.6) is 17.2 Å². The van der Waals surface area contributed by atoms with Crippen LogP contribution in [0.2, 0.25) is 0 Å². The first-order chi connectivity index (χ1) is 12.8. The number of ether oxygens (including phenoxy) is 3. The molecule has 27 heavy (non-hydrogen) atoms. The van der Waals surface area contributed by atoms with Crippen LogP contribution < -0.4 is 14.2 Å². The number of aryl methyl sites for hydroxylation is 1. The second-order valence-electron chi connectivity index (χ2n) is 5.68. The number of halogens is 3. The molecule has 0 aliphatic heterocycles. The van der Waals surface area contributed by atoms with E-state index >= 15 is 0 Å². The first-order valence-electron chi connectivity index (χ1n) is 8.00. The quantitative estimate of drug-likeness (QED) is 0.630. The van der Waals surface area contributed by atoms with Gasteiger partial charge in [0.2, 0.25) is 0 Å².